The third-order valence-corrected chi connectivity index (χ3v) is 4.88. The number of nitrogens with zero attached hydrogens (tertiary/aromatic N) is 1. The maximum absolute atomic E-state index is 12.6. The van der Waals surface area contributed by atoms with Gasteiger partial charge in [-0.1, -0.05) is 26.7 Å². The molecule has 0 aliphatic rings. The van der Waals surface area contributed by atoms with Gasteiger partial charge in [0.15, 0.2) is 0 Å². The first-order valence-corrected chi connectivity index (χ1v) is 8.51. The number of hydrogen-bond donors (Lipinski definition) is 1. The van der Waals surface area contributed by atoms with Crippen molar-refractivity contribution in [2.45, 2.75) is 66.3 Å². The smallest absolute Gasteiger partial charge is 0.240 e. The van der Waals surface area contributed by atoms with Gasteiger partial charge >= 0.3 is 0 Å². The summed E-state index contributed by atoms with van der Waals surface area (Å²) in [5.41, 5.74) is 0.280. The highest BCUT2D eigenvalue weighted by Crippen LogP contribution is 2.32. The van der Waals surface area contributed by atoms with Gasteiger partial charge in [0.25, 0.3) is 0 Å². The molecule has 0 bridgehead atoms. The molecule has 116 valence electrons. The Balaban J connectivity index is 2.91. The van der Waals surface area contributed by atoms with Gasteiger partial charge < -0.3 is 5.32 Å². The number of nitriles is 1. The third kappa shape index (κ3) is 4.07. The van der Waals surface area contributed by atoms with E-state index in [1.54, 1.807) is 11.3 Å². The van der Waals surface area contributed by atoms with E-state index in [0.717, 1.165) is 18.4 Å². The summed E-state index contributed by atoms with van der Waals surface area (Å²) in [7, 11) is 0. The van der Waals surface area contributed by atoms with Gasteiger partial charge in [-0.25, -0.2) is 0 Å². The molecule has 0 saturated heterocycles. The van der Waals surface area contributed by atoms with Crippen molar-refractivity contribution in [1.82, 2.24) is 5.32 Å². The topological polar surface area (TPSA) is 52.9 Å². The Morgan fingerprint density at radius 3 is 2.33 bits per heavy atom. The fourth-order valence-electron chi connectivity index (χ4n) is 2.86. The zero-order chi connectivity index (χ0) is 16.0. The van der Waals surface area contributed by atoms with Crippen molar-refractivity contribution < 1.29 is 4.79 Å². The molecule has 0 aliphatic carbocycles. The van der Waals surface area contributed by atoms with E-state index in [-0.39, 0.29) is 11.9 Å². The minimum atomic E-state index is -0.878. The van der Waals surface area contributed by atoms with Crippen LogP contribution in [0.2, 0.25) is 0 Å². The lowest BCUT2D eigenvalue weighted by Gasteiger charge is -2.27. The van der Waals surface area contributed by atoms with Gasteiger partial charge in [-0.3, -0.25) is 4.79 Å². The van der Waals surface area contributed by atoms with Gasteiger partial charge in [0.05, 0.1) is 12.1 Å². The number of thiophene rings is 1. The van der Waals surface area contributed by atoms with Crippen LogP contribution in [0.4, 0.5) is 0 Å². The van der Waals surface area contributed by atoms with Crippen LogP contribution in [0.25, 0.3) is 0 Å². The first-order valence-electron chi connectivity index (χ1n) is 7.69. The van der Waals surface area contributed by atoms with Crippen molar-refractivity contribution in [3.05, 3.63) is 21.4 Å². The summed E-state index contributed by atoms with van der Waals surface area (Å²) in [5.74, 6) is -0.121. The quantitative estimate of drug-likeness (QED) is 0.797. The van der Waals surface area contributed by atoms with E-state index < -0.39 is 5.41 Å². The van der Waals surface area contributed by atoms with Gasteiger partial charge in [-0.2, -0.15) is 5.26 Å². The average molecular weight is 306 g/mol. The summed E-state index contributed by atoms with van der Waals surface area (Å²) in [6.45, 7) is 10.2. The second-order valence-electron chi connectivity index (χ2n) is 5.76. The van der Waals surface area contributed by atoms with Crippen LogP contribution in [0.15, 0.2) is 6.07 Å². The lowest BCUT2D eigenvalue weighted by atomic mass is 9.79. The monoisotopic (exact) mass is 306 g/mol. The third-order valence-electron chi connectivity index (χ3n) is 3.90. The van der Waals surface area contributed by atoms with Crippen LogP contribution in [0, 0.1) is 30.6 Å². The van der Waals surface area contributed by atoms with E-state index in [1.165, 1.54) is 9.75 Å². The molecule has 1 aromatic rings. The molecule has 0 fully saturated rings. The number of hydrogen-bond acceptors (Lipinski definition) is 3. The van der Waals surface area contributed by atoms with Crippen molar-refractivity contribution >= 4 is 17.2 Å². The largest absolute Gasteiger partial charge is 0.348 e. The second kappa shape index (κ2) is 7.61. The Kier molecular flexibility index (Phi) is 6.42. The van der Waals surface area contributed by atoms with Gasteiger partial charge in [0.2, 0.25) is 5.91 Å². The van der Waals surface area contributed by atoms with E-state index >= 15 is 0 Å². The molecule has 1 aromatic heterocycles. The number of carbonyl (C=O) groups excluding carboxylic acids is 1. The Morgan fingerprint density at radius 1 is 1.38 bits per heavy atom. The number of nitrogens with one attached hydrogen (secondary N) is 1. The van der Waals surface area contributed by atoms with Crippen molar-refractivity contribution in [3.63, 3.8) is 0 Å². The standard InChI is InChI=1S/C17H26N2OS/c1-6-8-17(11-18,9-7-2)16(20)19-13(4)15-10-12(3)21-14(15)5/h10,13H,6-9H2,1-5H3,(H,19,20). The highest BCUT2D eigenvalue weighted by Gasteiger charge is 2.37. The zero-order valence-corrected chi connectivity index (χ0v) is 14.6. The fourth-order valence-corrected chi connectivity index (χ4v) is 3.88. The normalized spacial score (nSPS) is 12.8. The van der Waals surface area contributed by atoms with E-state index in [2.05, 4.69) is 31.3 Å². The Morgan fingerprint density at radius 2 is 1.95 bits per heavy atom. The molecule has 1 rings (SSSR count). The van der Waals surface area contributed by atoms with Gasteiger partial charge in [0, 0.05) is 9.75 Å². The molecule has 3 nitrogen and oxygen atoms in total. The van der Waals surface area contributed by atoms with E-state index in [9.17, 15) is 10.1 Å². The predicted octanol–water partition coefficient (Wildman–Crippen LogP) is 4.65. The van der Waals surface area contributed by atoms with Crippen LogP contribution in [0.5, 0.6) is 0 Å². The first kappa shape index (κ1) is 17.7. The van der Waals surface area contributed by atoms with E-state index in [1.807, 2.05) is 20.8 Å². The molecule has 1 atom stereocenters. The molecule has 0 aliphatic heterocycles. The van der Waals surface area contributed by atoms with Crippen molar-refractivity contribution in [2.75, 3.05) is 0 Å². The summed E-state index contributed by atoms with van der Waals surface area (Å²) in [6.07, 6.45) is 2.92. The number of aryl methyl sites for hydroxylation is 2. The van der Waals surface area contributed by atoms with Crippen LogP contribution < -0.4 is 5.32 Å². The molecule has 0 aromatic carbocycles. The fraction of sp³-hybridized carbons (Fsp3) is 0.647. The molecule has 0 spiro atoms. The van der Waals surface area contributed by atoms with Crippen LogP contribution in [-0.2, 0) is 4.79 Å². The van der Waals surface area contributed by atoms with Crippen LogP contribution in [0.3, 0.4) is 0 Å². The minimum absolute atomic E-state index is 0.0520. The molecule has 4 heteroatoms. The van der Waals surface area contributed by atoms with Crippen LogP contribution >= 0.6 is 11.3 Å². The van der Waals surface area contributed by atoms with Gasteiger partial charge in [0.1, 0.15) is 5.41 Å². The van der Waals surface area contributed by atoms with E-state index in [0.29, 0.717) is 12.8 Å². The Labute approximate surface area is 132 Å². The van der Waals surface area contributed by atoms with Crippen molar-refractivity contribution in [3.8, 4) is 6.07 Å². The molecule has 1 heterocycles. The predicted molar refractivity (Wildman–Crippen MR) is 88.2 cm³/mol. The number of rotatable bonds is 7. The molecular formula is C17H26N2OS. The lowest BCUT2D eigenvalue weighted by molar-refractivity contribution is -0.129. The zero-order valence-electron chi connectivity index (χ0n) is 13.7. The summed E-state index contributed by atoms with van der Waals surface area (Å²) in [6, 6.07) is 4.36. The average Bonchev–Trinajstić information content (AvgIpc) is 2.77. The van der Waals surface area contributed by atoms with Crippen molar-refractivity contribution in [2.24, 2.45) is 5.41 Å². The molecule has 1 N–H and O–H groups in total. The van der Waals surface area contributed by atoms with Crippen molar-refractivity contribution in [1.29, 1.82) is 5.26 Å². The lowest BCUT2D eigenvalue weighted by Crippen LogP contribution is -2.41. The molecular weight excluding hydrogens is 280 g/mol. The second-order valence-corrected chi connectivity index (χ2v) is 7.22. The van der Waals surface area contributed by atoms with E-state index in [4.69, 9.17) is 0 Å². The SMILES string of the molecule is CCCC(C#N)(CCC)C(=O)NC(C)c1cc(C)sc1C. The molecule has 0 saturated carbocycles. The summed E-state index contributed by atoms with van der Waals surface area (Å²) in [4.78, 5) is 15.1. The highest BCUT2D eigenvalue weighted by molar-refractivity contribution is 7.12. The highest BCUT2D eigenvalue weighted by atomic mass is 32.1. The molecule has 1 unspecified atom stereocenters. The summed E-state index contributed by atoms with van der Waals surface area (Å²) < 4.78 is 0. The number of carbonyl (C=O) groups is 1. The Hall–Kier alpha value is -1.34. The van der Waals surface area contributed by atoms with Gasteiger partial charge in [-0.15, -0.1) is 11.3 Å². The Bertz CT molecular complexity index is 521. The van der Waals surface area contributed by atoms with Gasteiger partial charge in [-0.05, 0) is 45.2 Å². The molecule has 1 amide bonds. The maximum Gasteiger partial charge on any atom is 0.240 e. The summed E-state index contributed by atoms with van der Waals surface area (Å²) >= 11 is 1.74. The van der Waals surface area contributed by atoms with Crippen LogP contribution in [-0.4, -0.2) is 5.91 Å². The minimum Gasteiger partial charge on any atom is -0.348 e. The molecule has 0 radical (unpaired) electrons. The molecule has 21 heavy (non-hydrogen) atoms. The van der Waals surface area contributed by atoms with Crippen LogP contribution in [0.1, 0.15) is 67.8 Å². The maximum atomic E-state index is 12.6. The summed E-state index contributed by atoms with van der Waals surface area (Å²) in [5, 5.41) is 12.6. The first-order chi connectivity index (χ1) is 9.90. The number of amides is 1.